The van der Waals surface area contributed by atoms with Gasteiger partial charge in [-0.1, -0.05) is 13.8 Å². The number of esters is 2. The summed E-state index contributed by atoms with van der Waals surface area (Å²) in [6, 6.07) is 0. The highest BCUT2D eigenvalue weighted by Gasteiger charge is 2.74. The van der Waals surface area contributed by atoms with Crippen LogP contribution in [-0.4, -0.2) is 41.1 Å². The summed E-state index contributed by atoms with van der Waals surface area (Å²) in [6.45, 7) is 6.22. The van der Waals surface area contributed by atoms with Crippen molar-refractivity contribution in [3.63, 3.8) is 0 Å². The second kappa shape index (κ2) is 6.47. The average Bonchev–Trinajstić information content (AvgIpc) is 3.26. The topological polar surface area (TPSA) is 82.1 Å². The van der Waals surface area contributed by atoms with Gasteiger partial charge in [0.25, 0.3) is 0 Å². The molecule has 6 aliphatic rings. The number of hydrogen-bond acceptors (Lipinski definition) is 6. The van der Waals surface area contributed by atoms with Crippen LogP contribution in [0.2, 0.25) is 0 Å². The van der Waals surface area contributed by atoms with Gasteiger partial charge in [0.15, 0.2) is 0 Å². The quantitative estimate of drug-likeness (QED) is 0.638. The summed E-state index contributed by atoms with van der Waals surface area (Å²) in [5, 5.41) is 12.4. The Bertz CT molecular complexity index is 812. The SMILES string of the molecule is CC(=O)O[C@H]1CC[C@@]2(C)[C@H](CC[C@@H]3[C@H]2CC[C@]2(C)[C@@H]4[C@@H]5CC(=O)O[C@@H]5O[C@H]4C[C@]32O)C1. The third-order valence-electron chi connectivity index (χ3n) is 11.0. The Labute approximate surface area is 184 Å². The van der Waals surface area contributed by atoms with E-state index >= 15 is 0 Å². The predicted octanol–water partition coefficient (Wildman–Crippen LogP) is 3.59. The zero-order valence-corrected chi connectivity index (χ0v) is 19.0. The van der Waals surface area contributed by atoms with Crippen LogP contribution in [0.25, 0.3) is 0 Å². The summed E-state index contributed by atoms with van der Waals surface area (Å²) in [6.07, 6.45) is 7.99. The number of ether oxygens (including phenoxy) is 3. The van der Waals surface area contributed by atoms with Crippen LogP contribution in [-0.2, 0) is 23.8 Å². The molecule has 6 heteroatoms. The minimum atomic E-state index is -0.734. The maximum Gasteiger partial charge on any atom is 0.308 e. The molecule has 0 aromatic carbocycles. The highest BCUT2D eigenvalue weighted by molar-refractivity contribution is 5.72. The van der Waals surface area contributed by atoms with Crippen molar-refractivity contribution in [1.82, 2.24) is 0 Å². The molecular formula is C25H36O6. The molecule has 0 aromatic rings. The molecule has 31 heavy (non-hydrogen) atoms. The Kier molecular flexibility index (Phi) is 4.27. The first-order chi connectivity index (χ1) is 14.7. The monoisotopic (exact) mass is 432 g/mol. The minimum absolute atomic E-state index is 0.00193. The summed E-state index contributed by atoms with van der Waals surface area (Å²) < 4.78 is 17.2. The van der Waals surface area contributed by atoms with Crippen LogP contribution >= 0.6 is 0 Å². The fourth-order valence-corrected chi connectivity index (χ4v) is 9.61. The molecule has 0 amide bonds. The normalized spacial score (nSPS) is 57.2. The van der Waals surface area contributed by atoms with Gasteiger partial charge < -0.3 is 19.3 Å². The van der Waals surface area contributed by atoms with Crippen molar-refractivity contribution < 1.29 is 28.9 Å². The summed E-state index contributed by atoms with van der Waals surface area (Å²) in [4.78, 5) is 23.4. The van der Waals surface area contributed by atoms with Gasteiger partial charge in [0.05, 0.1) is 18.1 Å². The first kappa shape index (κ1) is 20.5. The number of aliphatic hydroxyl groups is 1. The largest absolute Gasteiger partial charge is 0.463 e. The molecule has 4 aliphatic carbocycles. The molecule has 6 nitrogen and oxygen atoms in total. The molecule has 2 aliphatic heterocycles. The van der Waals surface area contributed by atoms with Crippen molar-refractivity contribution >= 4 is 11.9 Å². The van der Waals surface area contributed by atoms with Crippen molar-refractivity contribution in [2.24, 2.45) is 40.4 Å². The highest BCUT2D eigenvalue weighted by atomic mass is 16.7. The van der Waals surface area contributed by atoms with E-state index in [1.54, 1.807) is 0 Å². The van der Waals surface area contributed by atoms with E-state index in [4.69, 9.17) is 14.2 Å². The maximum atomic E-state index is 12.4. The first-order valence-corrected chi connectivity index (χ1v) is 12.4. The van der Waals surface area contributed by atoms with E-state index in [0.717, 1.165) is 44.9 Å². The van der Waals surface area contributed by atoms with Crippen LogP contribution in [0.15, 0.2) is 0 Å². The van der Waals surface area contributed by atoms with E-state index in [0.29, 0.717) is 24.7 Å². The number of hydrogen-bond donors (Lipinski definition) is 1. The van der Waals surface area contributed by atoms with Gasteiger partial charge in [-0.3, -0.25) is 9.59 Å². The van der Waals surface area contributed by atoms with Crippen LogP contribution in [0.1, 0.15) is 78.6 Å². The highest BCUT2D eigenvalue weighted by Crippen LogP contribution is 2.72. The molecule has 172 valence electrons. The number of carbonyl (C=O) groups is 2. The third-order valence-corrected chi connectivity index (χ3v) is 11.0. The molecule has 1 N–H and O–H groups in total. The van der Waals surface area contributed by atoms with E-state index in [2.05, 4.69) is 13.8 Å². The Morgan fingerprint density at radius 1 is 1.13 bits per heavy atom. The minimum Gasteiger partial charge on any atom is -0.463 e. The lowest BCUT2D eigenvalue weighted by Gasteiger charge is -2.63. The number of fused-ring (bicyclic) bond motifs is 9. The van der Waals surface area contributed by atoms with E-state index in [9.17, 15) is 14.7 Å². The van der Waals surface area contributed by atoms with E-state index in [1.165, 1.54) is 6.92 Å². The van der Waals surface area contributed by atoms with E-state index in [-0.39, 0.29) is 52.7 Å². The predicted molar refractivity (Wildman–Crippen MR) is 110 cm³/mol. The molecule has 6 fully saturated rings. The van der Waals surface area contributed by atoms with Gasteiger partial charge >= 0.3 is 11.9 Å². The van der Waals surface area contributed by atoms with Gasteiger partial charge in [-0.05, 0) is 68.1 Å². The smallest absolute Gasteiger partial charge is 0.308 e. The second-order valence-electron chi connectivity index (χ2n) is 12.0. The zero-order valence-electron chi connectivity index (χ0n) is 19.0. The van der Waals surface area contributed by atoms with Crippen molar-refractivity contribution in [3.05, 3.63) is 0 Å². The summed E-state index contributed by atoms with van der Waals surface area (Å²) in [5.41, 5.74) is -0.753. The van der Waals surface area contributed by atoms with Crippen LogP contribution < -0.4 is 0 Å². The lowest BCUT2D eigenvalue weighted by Crippen LogP contribution is -2.62. The second-order valence-corrected chi connectivity index (χ2v) is 12.0. The van der Waals surface area contributed by atoms with Gasteiger partial charge in [-0.2, -0.15) is 0 Å². The third kappa shape index (κ3) is 2.58. The lowest BCUT2D eigenvalue weighted by molar-refractivity contribution is -0.219. The Morgan fingerprint density at radius 2 is 1.94 bits per heavy atom. The maximum absolute atomic E-state index is 12.4. The lowest BCUT2D eigenvalue weighted by atomic mass is 9.43. The van der Waals surface area contributed by atoms with Crippen LogP contribution in [0, 0.1) is 40.4 Å². The fourth-order valence-electron chi connectivity index (χ4n) is 9.61. The van der Waals surface area contributed by atoms with Gasteiger partial charge in [0.1, 0.15) is 6.10 Å². The van der Waals surface area contributed by atoms with Gasteiger partial charge in [0, 0.05) is 30.6 Å². The molecule has 0 spiro atoms. The molecule has 4 saturated carbocycles. The standard InChI is InChI=1S/C25H36O6/c1-13(26)29-15-6-8-23(2)14(10-15)4-5-18-17(23)7-9-24(3)21-16-11-20(27)31-22(16)30-19(21)12-25(18,24)28/h14-19,21-22,28H,4-12H2,1-3H3/t14-,15+,16+,17-,18-,19+,21-,22+,23+,24-,25+/m1/s1. The van der Waals surface area contributed by atoms with Gasteiger partial charge in [-0.15, -0.1) is 0 Å². The molecule has 0 aromatic heterocycles. The van der Waals surface area contributed by atoms with Gasteiger partial charge in [-0.25, -0.2) is 0 Å². The molecule has 6 rings (SSSR count). The van der Waals surface area contributed by atoms with E-state index in [1.807, 2.05) is 0 Å². The van der Waals surface area contributed by atoms with E-state index < -0.39 is 11.9 Å². The molecule has 11 atom stereocenters. The van der Waals surface area contributed by atoms with Gasteiger partial charge in [0.2, 0.25) is 6.29 Å². The number of carbonyl (C=O) groups excluding carboxylic acids is 2. The molecule has 2 heterocycles. The van der Waals surface area contributed by atoms with Crippen LogP contribution in [0.5, 0.6) is 0 Å². The van der Waals surface area contributed by atoms with Crippen molar-refractivity contribution in [2.45, 2.75) is 103 Å². The molecule has 0 radical (unpaired) electrons. The van der Waals surface area contributed by atoms with Crippen molar-refractivity contribution in [3.8, 4) is 0 Å². The number of rotatable bonds is 1. The molecule has 0 bridgehead atoms. The van der Waals surface area contributed by atoms with Crippen LogP contribution in [0.3, 0.4) is 0 Å². The average molecular weight is 433 g/mol. The van der Waals surface area contributed by atoms with Crippen LogP contribution in [0.4, 0.5) is 0 Å². The molecule has 0 unspecified atom stereocenters. The Morgan fingerprint density at radius 3 is 2.71 bits per heavy atom. The zero-order chi connectivity index (χ0) is 21.8. The summed E-state index contributed by atoms with van der Waals surface area (Å²) >= 11 is 0. The molecular weight excluding hydrogens is 396 g/mol. The fraction of sp³-hybridized carbons (Fsp3) is 0.920. The van der Waals surface area contributed by atoms with Crippen molar-refractivity contribution in [1.29, 1.82) is 0 Å². The Balaban J connectivity index is 1.27. The Hall–Kier alpha value is -1.14. The first-order valence-electron chi connectivity index (χ1n) is 12.4. The van der Waals surface area contributed by atoms with Crippen molar-refractivity contribution in [2.75, 3.05) is 0 Å². The summed E-state index contributed by atoms with van der Waals surface area (Å²) in [5.74, 6) is 1.32. The molecule has 2 saturated heterocycles. The summed E-state index contributed by atoms with van der Waals surface area (Å²) in [7, 11) is 0.